The van der Waals surface area contributed by atoms with Crippen molar-refractivity contribution in [1.82, 2.24) is 0 Å². The molecule has 0 aromatic heterocycles. The molecular weight excluding hydrogens is 176 g/mol. The van der Waals surface area contributed by atoms with Gasteiger partial charge in [0.05, 0.1) is 18.4 Å². The summed E-state index contributed by atoms with van der Waals surface area (Å²) in [5.41, 5.74) is 5.44. The number of rotatable bonds is 5. The van der Waals surface area contributed by atoms with Crippen LogP contribution in [0.4, 0.5) is 0 Å². The van der Waals surface area contributed by atoms with Crippen LogP contribution in [0.1, 0.15) is 6.92 Å². The molecule has 68 valence electrons. The number of carbonyl (C=O) groups is 1. The average molecular weight is 188 g/mol. The van der Waals surface area contributed by atoms with Crippen molar-refractivity contribution in [1.29, 1.82) is 5.26 Å². The summed E-state index contributed by atoms with van der Waals surface area (Å²) >= 11 is 1.33. The molecule has 0 aromatic rings. The van der Waals surface area contributed by atoms with Crippen LogP contribution >= 0.6 is 11.8 Å². The Morgan fingerprint density at radius 2 is 2.50 bits per heavy atom. The Balaban J connectivity index is 3.51. The first kappa shape index (κ1) is 11.3. The predicted molar refractivity (Wildman–Crippen MR) is 47.5 cm³/mol. The summed E-state index contributed by atoms with van der Waals surface area (Å²) in [4.78, 5) is 10.9. The molecule has 5 heteroatoms. The van der Waals surface area contributed by atoms with Gasteiger partial charge in [0.1, 0.15) is 6.04 Å². The molecule has 0 aliphatic carbocycles. The molecule has 0 spiro atoms. The van der Waals surface area contributed by atoms with Gasteiger partial charge in [-0.15, -0.1) is 11.8 Å². The minimum absolute atomic E-state index is 0.343. The molecule has 0 fully saturated rings. The molecule has 0 heterocycles. The highest BCUT2D eigenvalue weighted by Gasteiger charge is 2.13. The Hall–Kier alpha value is -0.730. The molecule has 0 rings (SSSR count). The number of thioether (sulfide) groups is 1. The normalized spacial score (nSPS) is 11.8. The second-order valence-corrected chi connectivity index (χ2v) is 3.06. The van der Waals surface area contributed by atoms with E-state index in [1.807, 2.05) is 6.07 Å². The summed E-state index contributed by atoms with van der Waals surface area (Å²) in [6.45, 7) is 2.07. The van der Waals surface area contributed by atoms with E-state index < -0.39 is 12.0 Å². The molecule has 0 aliphatic heterocycles. The predicted octanol–water partition coefficient (Wildman–Crippen LogP) is 0.134. The molecule has 0 aliphatic rings. The van der Waals surface area contributed by atoms with Crippen LogP contribution in [-0.2, 0) is 9.53 Å². The van der Waals surface area contributed by atoms with Gasteiger partial charge in [-0.05, 0) is 6.92 Å². The molecule has 1 atom stereocenters. The summed E-state index contributed by atoms with van der Waals surface area (Å²) in [5, 5.41) is 8.19. The Labute approximate surface area is 76.1 Å². The highest BCUT2D eigenvalue weighted by molar-refractivity contribution is 7.99. The lowest BCUT2D eigenvalue weighted by Crippen LogP contribution is -2.34. The molecule has 0 radical (unpaired) electrons. The lowest BCUT2D eigenvalue weighted by atomic mass is 10.4. The standard InChI is InChI=1S/C7H12N2O2S/c1-2-11-7(10)6(9)5-12-4-3-8/h6H,2,4-5,9H2,1H3. The molecule has 0 aromatic carbocycles. The van der Waals surface area contributed by atoms with Crippen LogP contribution < -0.4 is 5.73 Å². The first-order valence-corrected chi connectivity index (χ1v) is 4.74. The van der Waals surface area contributed by atoms with Crippen LogP contribution in [0.5, 0.6) is 0 Å². The largest absolute Gasteiger partial charge is 0.465 e. The van der Waals surface area contributed by atoms with Gasteiger partial charge in [0, 0.05) is 5.75 Å². The number of carbonyl (C=O) groups excluding carboxylic acids is 1. The fraction of sp³-hybridized carbons (Fsp3) is 0.714. The Morgan fingerprint density at radius 1 is 1.83 bits per heavy atom. The average Bonchev–Trinajstić information content (AvgIpc) is 2.05. The van der Waals surface area contributed by atoms with Gasteiger partial charge in [-0.1, -0.05) is 0 Å². The second-order valence-electron chi connectivity index (χ2n) is 2.03. The SMILES string of the molecule is CCOC(=O)C(N)CSCC#N. The van der Waals surface area contributed by atoms with Gasteiger partial charge in [0.15, 0.2) is 0 Å². The van der Waals surface area contributed by atoms with Gasteiger partial charge >= 0.3 is 5.97 Å². The monoisotopic (exact) mass is 188 g/mol. The number of nitrogens with two attached hydrogens (primary N) is 1. The minimum Gasteiger partial charge on any atom is -0.465 e. The number of esters is 1. The molecule has 4 nitrogen and oxygen atoms in total. The first-order chi connectivity index (χ1) is 5.72. The maximum Gasteiger partial charge on any atom is 0.323 e. The Morgan fingerprint density at radius 3 is 3.00 bits per heavy atom. The first-order valence-electron chi connectivity index (χ1n) is 3.59. The van der Waals surface area contributed by atoms with Crippen molar-refractivity contribution in [2.45, 2.75) is 13.0 Å². The van der Waals surface area contributed by atoms with Gasteiger partial charge < -0.3 is 10.5 Å². The molecule has 2 N–H and O–H groups in total. The molecule has 0 bridgehead atoms. The van der Waals surface area contributed by atoms with Gasteiger partial charge in [-0.3, -0.25) is 4.79 Å². The summed E-state index contributed by atoms with van der Waals surface area (Å²) in [7, 11) is 0. The van der Waals surface area contributed by atoms with Crippen LogP contribution in [0.3, 0.4) is 0 Å². The zero-order valence-corrected chi connectivity index (χ0v) is 7.76. The zero-order chi connectivity index (χ0) is 9.40. The topological polar surface area (TPSA) is 76.1 Å². The van der Waals surface area contributed by atoms with Gasteiger partial charge in [-0.2, -0.15) is 5.26 Å². The highest BCUT2D eigenvalue weighted by Crippen LogP contribution is 2.01. The quantitative estimate of drug-likeness (QED) is 0.490. The van der Waals surface area contributed by atoms with Gasteiger partial charge in [0.2, 0.25) is 0 Å². The molecule has 12 heavy (non-hydrogen) atoms. The molecule has 0 saturated heterocycles. The zero-order valence-electron chi connectivity index (χ0n) is 6.95. The van der Waals surface area contributed by atoms with Crippen LogP contribution in [0.15, 0.2) is 0 Å². The van der Waals surface area contributed by atoms with E-state index in [1.165, 1.54) is 11.8 Å². The van der Waals surface area contributed by atoms with Crippen molar-refractivity contribution in [2.24, 2.45) is 5.73 Å². The number of ether oxygens (including phenoxy) is 1. The van der Waals surface area contributed by atoms with E-state index in [0.29, 0.717) is 18.1 Å². The van der Waals surface area contributed by atoms with Crippen LogP contribution in [-0.4, -0.2) is 30.1 Å². The number of nitriles is 1. The second kappa shape index (κ2) is 6.95. The van der Waals surface area contributed by atoms with Crippen molar-refractivity contribution < 1.29 is 9.53 Å². The molecule has 1 unspecified atom stereocenters. The number of nitrogens with zero attached hydrogens (tertiary/aromatic N) is 1. The third kappa shape index (κ3) is 4.99. The molecule has 0 amide bonds. The van der Waals surface area contributed by atoms with Crippen molar-refractivity contribution in [3.63, 3.8) is 0 Å². The van der Waals surface area contributed by atoms with E-state index in [9.17, 15) is 4.79 Å². The van der Waals surface area contributed by atoms with Crippen molar-refractivity contribution in [2.75, 3.05) is 18.1 Å². The Kier molecular flexibility index (Phi) is 6.53. The van der Waals surface area contributed by atoms with Crippen LogP contribution in [0.25, 0.3) is 0 Å². The summed E-state index contributed by atoms with van der Waals surface area (Å²) in [5.74, 6) is 0.391. The summed E-state index contributed by atoms with van der Waals surface area (Å²) < 4.78 is 4.67. The third-order valence-electron chi connectivity index (χ3n) is 1.05. The molecular formula is C7H12N2O2S. The number of hydrogen-bond donors (Lipinski definition) is 1. The third-order valence-corrected chi connectivity index (χ3v) is 1.98. The van der Waals surface area contributed by atoms with Gasteiger partial charge in [-0.25, -0.2) is 0 Å². The number of hydrogen-bond acceptors (Lipinski definition) is 5. The van der Waals surface area contributed by atoms with E-state index in [2.05, 4.69) is 4.74 Å². The Bertz CT molecular complexity index is 179. The summed E-state index contributed by atoms with van der Waals surface area (Å²) in [6.07, 6.45) is 0. The smallest absolute Gasteiger partial charge is 0.323 e. The van der Waals surface area contributed by atoms with Crippen molar-refractivity contribution in [3.8, 4) is 6.07 Å². The van der Waals surface area contributed by atoms with Crippen molar-refractivity contribution >= 4 is 17.7 Å². The van der Waals surface area contributed by atoms with E-state index >= 15 is 0 Å². The maximum atomic E-state index is 10.9. The van der Waals surface area contributed by atoms with E-state index in [4.69, 9.17) is 11.0 Å². The highest BCUT2D eigenvalue weighted by atomic mass is 32.2. The van der Waals surface area contributed by atoms with Gasteiger partial charge in [0.25, 0.3) is 0 Å². The fourth-order valence-corrected chi connectivity index (χ4v) is 1.15. The van der Waals surface area contributed by atoms with Crippen molar-refractivity contribution in [3.05, 3.63) is 0 Å². The van der Waals surface area contributed by atoms with E-state index in [1.54, 1.807) is 6.92 Å². The lowest BCUT2D eigenvalue weighted by Gasteiger charge is -2.08. The minimum atomic E-state index is -0.608. The lowest BCUT2D eigenvalue weighted by molar-refractivity contribution is -0.144. The molecule has 0 saturated carbocycles. The van der Waals surface area contributed by atoms with E-state index in [-0.39, 0.29) is 0 Å². The summed E-state index contributed by atoms with van der Waals surface area (Å²) in [6, 6.07) is 1.34. The maximum absolute atomic E-state index is 10.9. The van der Waals surface area contributed by atoms with E-state index in [0.717, 1.165) is 0 Å². The fourth-order valence-electron chi connectivity index (χ4n) is 0.549. The van der Waals surface area contributed by atoms with Crippen LogP contribution in [0.2, 0.25) is 0 Å². The van der Waals surface area contributed by atoms with Crippen LogP contribution in [0, 0.1) is 11.3 Å².